The summed E-state index contributed by atoms with van der Waals surface area (Å²) in [5, 5.41) is 415. The molecule has 0 bridgehead atoms. The Balaban J connectivity index is 1.04. The Kier molecular flexibility index (Phi) is 41.9. The van der Waals surface area contributed by atoms with E-state index in [4.69, 9.17) is 121 Å². The number of hydrogen-bond donors (Lipinski definition) is 42. The summed E-state index contributed by atoms with van der Waals surface area (Å²) in [6.07, 6.45) is -137. The predicted octanol–water partition coefficient (Wildman–Crippen LogP) is -27.8. The van der Waals surface area contributed by atoms with Gasteiger partial charge in [-0.05, 0) is 0 Å². The predicted molar refractivity (Wildman–Crippen MR) is 426 cm³/mol. The highest BCUT2D eigenvalue weighted by Gasteiger charge is 2.67. The molecule has 142 heavy (non-hydrogen) atoms. The van der Waals surface area contributed by atoms with Crippen molar-refractivity contribution in [2.24, 2.45) is 17.2 Å². The molecule has 11 fully saturated rings. The van der Waals surface area contributed by atoms with Gasteiger partial charge >= 0.3 is 19.8 Å². The zero-order chi connectivity index (χ0) is 105. The normalized spacial score (nSPS) is 49.3. The Hall–Kier alpha value is -3.31. The summed E-state index contributed by atoms with van der Waals surface area (Å²) in [6.45, 7) is -15.2. The summed E-state index contributed by atoms with van der Waals surface area (Å²) in [7, 11) is -5.96. The third-order valence-electron chi connectivity index (χ3n) is 26.0. The summed E-state index contributed by atoms with van der Waals surface area (Å²) in [4.78, 5) is 48.9. The van der Waals surface area contributed by atoms with Crippen LogP contribution < -0.4 is 17.2 Å². The van der Waals surface area contributed by atoms with E-state index in [1.54, 1.807) is 0 Å². The number of rotatable bonds is 41. The molecule has 0 aromatic heterocycles. The standard InChI is InChI=1S/C74H128N3O64P/c75-27-35(97)34(96)25(124-62(27)112)12-122-63-29(77)37(99)56(141-142(117,118)119)26(128-63)13-123-73(71(113)114)2-21(138-74(72(115)116)1-14(85)30(92)53(139-74)16(87)4-79)57(55(140-73)18(89)6-81)133-69-49(111)59(60(54(132-69)17(88)5-80)136-67-46(108)38(100)32(94)23(8-83)126-67)135-70-61(137-68-47(109)39(101)33(95)24(9-84)127-68)58(134-64-28(76)36(98)31(93)22(7-82)125-64)48(110)52(131-70)20(91)11-121-66-45(107)41(103)43(105)51(130-66)19(90)10-120-65-44(106)40(102)42(104)50(129-65)15(86)3-78/h14-70,78-112H,1-13,75-77H2,(H,113,114)(H,115,116)(H2,117,118,119)/t14-,15-,16-,17+,18-,19+,20+,21-,22-,23-,24-,25-,26-,27-,28-,29-,30-,31-,32-,33-,34-,35-,36-,37-,38+,39+,40+,41+,42+,43+,44+,45+,46-,47-,48-,49+,50-,51-,52-,53-,54-,55-,56-,57-,58+,59-,60-,61+,62+,63-,64+,65+,66+,67+,68+,69-,70-,73-,74-/m1/s1. The van der Waals surface area contributed by atoms with Crippen LogP contribution in [0.25, 0.3) is 0 Å². The number of carboxylic acids is 2. The van der Waals surface area contributed by atoms with Gasteiger partial charge in [-0.3, -0.25) is 4.52 Å². The first-order chi connectivity index (χ1) is 66.6. The molecule has 11 aliphatic rings. The first-order valence-electron chi connectivity index (χ1n) is 44.1. The van der Waals surface area contributed by atoms with Crippen molar-refractivity contribution in [2.45, 2.75) is 374 Å². The van der Waals surface area contributed by atoms with Gasteiger partial charge in [-0.2, -0.15) is 0 Å². The molecule has 828 valence electrons. The molecule has 11 rings (SSSR count). The molecule has 0 aromatic carbocycles. The van der Waals surface area contributed by atoms with E-state index in [-0.39, 0.29) is 0 Å². The van der Waals surface area contributed by atoms with E-state index in [0.29, 0.717) is 0 Å². The van der Waals surface area contributed by atoms with Crippen LogP contribution in [-0.4, -0.2) is 644 Å². The average molecular weight is 2110 g/mol. The van der Waals surface area contributed by atoms with Gasteiger partial charge in [0.15, 0.2) is 56.6 Å². The third-order valence-corrected chi connectivity index (χ3v) is 26.5. The zero-order valence-electron chi connectivity index (χ0n) is 73.9. The summed E-state index contributed by atoms with van der Waals surface area (Å²) >= 11 is 0. The number of phosphoric acid groups is 1. The lowest BCUT2D eigenvalue weighted by atomic mass is 9.89. The second-order valence-corrected chi connectivity index (χ2v) is 36.8. The van der Waals surface area contributed by atoms with E-state index in [0.717, 1.165) is 0 Å². The van der Waals surface area contributed by atoms with Crippen LogP contribution in [0, 0.1) is 0 Å². The summed E-state index contributed by atoms with van der Waals surface area (Å²) in [5.41, 5.74) is 18.3. The van der Waals surface area contributed by atoms with Gasteiger partial charge in [-0.25, -0.2) is 14.2 Å². The Bertz CT molecular complexity index is 3940. The van der Waals surface area contributed by atoms with Crippen LogP contribution in [0.4, 0.5) is 0 Å². The van der Waals surface area contributed by atoms with Gasteiger partial charge in [0.05, 0.1) is 103 Å². The lowest BCUT2D eigenvalue weighted by molar-refractivity contribution is -0.425. The van der Waals surface area contributed by atoms with E-state index >= 15 is 0 Å². The maximum atomic E-state index is 14.4. The molecule has 11 aliphatic heterocycles. The minimum Gasteiger partial charge on any atom is -0.477 e. The second-order valence-electron chi connectivity index (χ2n) is 35.6. The SMILES string of the molecule is N[C@@H]1[C@@H](O)[C@H](O)[C@@H](CO[C@@H]2O[C@H](CO[C@]3(C(=O)O)C[C@@H](O[C@]4(C(=O)O)C[C@@H](O)[C@@H](O)[C@@H]([C@H](O)CO)O4)[C@@H](O[C@H]4O[C@H]([C@@H](O)CO)[C@@H](O[C@@H]5O[C@H](CO)[C@@H](O)[C@H](O)[C@H]5O)[C@H](O[C@H]5O[C@H]([C@@H](O)CO[C@H]6O[C@H]([C@@H](O)CO[C@H]7O[C@H]([C@H](O)CO)[C@@H](O)[C@H](O)[C@@H]7O)[C@@H](O)[C@H](O)[C@@H]6O)[C@@H](O)[C@H](O[C@@H]6O[C@H](CO)[C@@H](O)[C@H](O)[C@H]6N)[C@@H]5O[C@@H]5O[C@H](CO)[C@@H](O)[C@H](O)[C@H]5O)[C@@H]4O)[C@@H]([C@H](O)CO)O3)[C@@H](OP(=O)(O)O)[C@H](O)[C@H]2N)O[C@@H]1O. The number of hydrogen-bond acceptors (Lipinski definition) is 63. The zero-order valence-corrected chi connectivity index (χ0v) is 74.8. The van der Waals surface area contributed by atoms with Crippen LogP contribution in [0.1, 0.15) is 12.8 Å². The first-order valence-corrected chi connectivity index (χ1v) is 45.7. The van der Waals surface area contributed by atoms with E-state index in [1.165, 1.54) is 0 Å². The van der Waals surface area contributed by atoms with Crippen LogP contribution in [-0.2, 0) is 118 Å². The van der Waals surface area contributed by atoms with Crippen molar-refractivity contribution in [3.05, 3.63) is 0 Å². The minimum absolute atomic E-state index is 1.00. The molecule has 0 unspecified atom stereocenters. The maximum absolute atomic E-state index is 14.4. The molecule has 11 heterocycles. The number of nitrogens with two attached hydrogens (primary N) is 3. The summed E-state index contributed by atoms with van der Waals surface area (Å²) in [6, 6.07) is -5.82. The summed E-state index contributed by atoms with van der Waals surface area (Å²) < 4.78 is 141. The Morgan fingerprint density at radius 1 is 0.317 bits per heavy atom. The molecule has 0 saturated carbocycles. The molecule has 11 saturated heterocycles. The van der Waals surface area contributed by atoms with Gasteiger partial charge in [0.2, 0.25) is 0 Å². The van der Waals surface area contributed by atoms with E-state index in [1.807, 2.05) is 0 Å². The molecular weight excluding hydrogens is 1990 g/mol. The van der Waals surface area contributed by atoms with Crippen LogP contribution in [0.15, 0.2) is 0 Å². The second kappa shape index (κ2) is 50.1. The molecule has 0 aromatic rings. The largest absolute Gasteiger partial charge is 0.477 e. The highest BCUT2D eigenvalue weighted by atomic mass is 31.2. The lowest BCUT2D eigenvalue weighted by Crippen LogP contribution is -2.72. The Labute approximate surface area is 798 Å². The maximum Gasteiger partial charge on any atom is 0.470 e. The molecule has 0 aliphatic carbocycles. The molecule has 0 amide bonds. The molecule has 59 atom stereocenters. The van der Waals surface area contributed by atoms with Crippen molar-refractivity contribution in [3.8, 4) is 0 Å². The van der Waals surface area contributed by atoms with Crippen molar-refractivity contribution < 1.29 is 317 Å². The topological polar surface area (TPSA) is 1120 Å². The van der Waals surface area contributed by atoms with Crippen molar-refractivity contribution in [2.75, 3.05) is 72.7 Å². The van der Waals surface area contributed by atoms with Crippen molar-refractivity contribution in [1.82, 2.24) is 0 Å². The van der Waals surface area contributed by atoms with Crippen LogP contribution in [0.3, 0.4) is 0 Å². The molecule has 67 nitrogen and oxygen atoms in total. The van der Waals surface area contributed by atoms with Gasteiger partial charge in [-0.1, -0.05) is 0 Å². The molecule has 0 radical (unpaired) electrons. The van der Waals surface area contributed by atoms with Gasteiger partial charge in [0.25, 0.3) is 11.6 Å². The fourth-order valence-corrected chi connectivity index (χ4v) is 18.3. The van der Waals surface area contributed by atoms with Crippen LogP contribution >= 0.6 is 7.82 Å². The highest BCUT2D eigenvalue weighted by Crippen LogP contribution is 2.48. The Morgan fingerprint density at radius 3 is 1.20 bits per heavy atom. The number of aliphatic hydroxyl groups is 35. The number of carbonyl (C=O) groups is 2. The number of aliphatic carboxylic acids is 2. The Morgan fingerprint density at radius 2 is 0.697 bits per heavy atom. The van der Waals surface area contributed by atoms with Gasteiger partial charge < -0.3 is 315 Å². The van der Waals surface area contributed by atoms with E-state index in [9.17, 15) is 213 Å². The van der Waals surface area contributed by atoms with Gasteiger partial charge in [0.1, 0.15) is 262 Å². The molecule has 45 N–H and O–H groups in total. The fraction of sp³-hybridized carbons (Fsp3) is 0.973. The van der Waals surface area contributed by atoms with Crippen LogP contribution in [0.5, 0.6) is 0 Å². The first kappa shape index (κ1) is 119. The highest BCUT2D eigenvalue weighted by molar-refractivity contribution is 7.46. The monoisotopic (exact) mass is 2110 g/mol. The lowest BCUT2D eigenvalue weighted by Gasteiger charge is -2.54. The number of ether oxygens (including phenoxy) is 21. The van der Waals surface area contributed by atoms with Crippen molar-refractivity contribution >= 4 is 19.8 Å². The third kappa shape index (κ3) is 25.6. The van der Waals surface area contributed by atoms with E-state index in [2.05, 4.69) is 0 Å². The number of carboxylic acid groups (broad SMARTS) is 2. The summed E-state index contributed by atoms with van der Waals surface area (Å²) in [5.74, 6) is -12.6. The van der Waals surface area contributed by atoms with Crippen LogP contribution in [0.2, 0.25) is 0 Å². The fourth-order valence-electron chi connectivity index (χ4n) is 17.8. The van der Waals surface area contributed by atoms with Gasteiger partial charge in [0, 0.05) is 12.8 Å². The number of phosphoric ester groups is 1. The smallest absolute Gasteiger partial charge is 0.470 e. The van der Waals surface area contributed by atoms with Gasteiger partial charge in [-0.15, -0.1) is 0 Å². The minimum atomic E-state index is -5.96. The van der Waals surface area contributed by atoms with Crippen molar-refractivity contribution in [3.63, 3.8) is 0 Å². The van der Waals surface area contributed by atoms with Crippen molar-refractivity contribution in [1.29, 1.82) is 0 Å². The van der Waals surface area contributed by atoms with E-state index < -0.39 is 466 Å². The molecule has 68 heteroatoms. The number of aliphatic hydroxyl groups excluding tert-OH is 35. The molecule has 0 spiro atoms. The average Bonchev–Trinajstić information content (AvgIpc) is 0.744. The quantitative estimate of drug-likeness (QED) is 0.0253. The molecular formula is C74H128N3O64P.